The van der Waals surface area contributed by atoms with Gasteiger partial charge in [-0.25, -0.2) is 14.2 Å². The molecule has 6 nitrogen and oxygen atoms in total. The lowest BCUT2D eigenvalue weighted by molar-refractivity contribution is 0.0600. The molecule has 1 aliphatic rings. The number of hydrogen-bond acceptors (Lipinski definition) is 5. The number of fused-ring (bicyclic) bond motifs is 1. The molecule has 0 saturated carbocycles. The quantitative estimate of drug-likeness (QED) is 0.654. The number of amides is 1. The van der Waals surface area contributed by atoms with Crippen molar-refractivity contribution < 1.29 is 18.7 Å². The average molecular weight is 405 g/mol. The molecule has 0 bridgehead atoms. The molecule has 4 rings (SSSR count). The largest absolute Gasteiger partial charge is 0.465 e. The molecule has 0 saturated heterocycles. The molecule has 0 fully saturated rings. The van der Waals surface area contributed by atoms with E-state index in [9.17, 15) is 14.0 Å². The summed E-state index contributed by atoms with van der Waals surface area (Å²) in [5.41, 5.74) is 3.17. The van der Waals surface area contributed by atoms with Gasteiger partial charge in [-0.1, -0.05) is 18.2 Å². The van der Waals surface area contributed by atoms with Gasteiger partial charge in [-0.2, -0.15) is 0 Å². The van der Waals surface area contributed by atoms with Crippen LogP contribution < -0.4 is 10.2 Å². The first-order valence-electron chi connectivity index (χ1n) is 9.53. The van der Waals surface area contributed by atoms with E-state index in [0.717, 1.165) is 17.7 Å². The van der Waals surface area contributed by atoms with Gasteiger partial charge in [0.1, 0.15) is 11.6 Å². The molecule has 1 aliphatic heterocycles. The number of para-hydroxylation sites is 1. The van der Waals surface area contributed by atoms with E-state index in [1.54, 1.807) is 17.0 Å². The molecule has 0 radical (unpaired) electrons. The van der Waals surface area contributed by atoms with Gasteiger partial charge in [0, 0.05) is 30.5 Å². The SMILES string of the molecule is COC(=O)c1ccc(F)c(CNc2ccc(C(=O)N3CCc4ccccc43)cn2)c1. The van der Waals surface area contributed by atoms with Gasteiger partial charge in [0.15, 0.2) is 0 Å². The number of ether oxygens (including phenoxy) is 1. The lowest BCUT2D eigenvalue weighted by atomic mass is 10.1. The van der Waals surface area contributed by atoms with Crippen LogP contribution in [-0.4, -0.2) is 30.5 Å². The summed E-state index contributed by atoms with van der Waals surface area (Å²) >= 11 is 0. The van der Waals surface area contributed by atoms with Crippen molar-refractivity contribution >= 4 is 23.4 Å². The fraction of sp³-hybridized carbons (Fsp3) is 0.174. The highest BCUT2D eigenvalue weighted by Crippen LogP contribution is 2.28. The molecule has 1 amide bonds. The molecule has 0 spiro atoms. The molecule has 2 aromatic carbocycles. The number of esters is 1. The number of anilines is 2. The Morgan fingerprint density at radius 3 is 2.70 bits per heavy atom. The van der Waals surface area contributed by atoms with Crippen LogP contribution in [0.1, 0.15) is 31.8 Å². The maximum absolute atomic E-state index is 14.0. The maximum atomic E-state index is 14.0. The summed E-state index contributed by atoms with van der Waals surface area (Å²) in [7, 11) is 1.27. The third-order valence-corrected chi connectivity index (χ3v) is 5.07. The fourth-order valence-corrected chi connectivity index (χ4v) is 3.47. The predicted molar refractivity (Wildman–Crippen MR) is 111 cm³/mol. The van der Waals surface area contributed by atoms with Gasteiger partial charge >= 0.3 is 5.97 Å². The van der Waals surface area contributed by atoms with Crippen LogP contribution in [0.25, 0.3) is 0 Å². The molecule has 30 heavy (non-hydrogen) atoms. The maximum Gasteiger partial charge on any atom is 0.337 e. The summed E-state index contributed by atoms with van der Waals surface area (Å²) in [6.45, 7) is 0.782. The highest BCUT2D eigenvalue weighted by molar-refractivity contribution is 6.07. The van der Waals surface area contributed by atoms with Gasteiger partial charge < -0.3 is 15.0 Å². The number of nitrogens with zero attached hydrogens (tertiary/aromatic N) is 2. The van der Waals surface area contributed by atoms with Gasteiger partial charge in [0.05, 0.1) is 18.2 Å². The first-order chi connectivity index (χ1) is 14.6. The van der Waals surface area contributed by atoms with Crippen molar-refractivity contribution in [3.05, 3.63) is 88.9 Å². The number of carbonyl (C=O) groups is 2. The van der Waals surface area contributed by atoms with E-state index in [-0.39, 0.29) is 18.0 Å². The summed E-state index contributed by atoms with van der Waals surface area (Å²) in [6, 6.07) is 15.3. The number of rotatable bonds is 5. The van der Waals surface area contributed by atoms with Crippen LogP contribution in [0.4, 0.5) is 15.9 Å². The Balaban J connectivity index is 1.44. The number of benzene rings is 2. The zero-order valence-corrected chi connectivity index (χ0v) is 16.4. The van der Waals surface area contributed by atoms with E-state index in [0.29, 0.717) is 23.5 Å². The van der Waals surface area contributed by atoms with Gasteiger partial charge in [-0.3, -0.25) is 4.79 Å². The second-order valence-electron chi connectivity index (χ2n) is 6.92. The first-order valence-corrected chi connectivity index (χ1v) is 9.53. The van der Waals surface area contributed by atoms with Crippen molar-refractivity contribution in [2.24, 2.45) is 0 Å². The standard InChI is InChI=1S/C23H20FN3O3/c1-30-23(29)16-6-8-19(24)18(12-16)14-26-21-9-7-17(13-25-21)22(28)27-11-10-15-4-2-3-5-20(15)27/h2-9,12-13H,10-11,14H2,1H3,(H,25,26). The summed E-state index contributed by atoms with van der Waals surface area (Å²) in [4.78, 5) is 30.5. The Morgan fingerprint density at radius 1 is 1.13 bits per heavy atom. The highest BCUT2D eigenvalue weighted by Gasteiger charge is 2.25. The molecule has 152 valence electrons. The Labute approximate surface area is 173 Å². The highest BCUT2D eigenvalue weighted by atomic mass is 19.1. The number of hydrogen-bond donors (Lipinski definition) is 1. The Bertz CT molecular complexity index is 1100. The molecular weight excluding hydrogens is 385 g/mol. The number of aromatic nitrogens is 1. The van der Waals surface area contributed by atoms with Gasteiger partial charge in [-0.05, 0) is 48.4 Å². The molecule has 1 aromatic heterocycles. The lowest BCUT2D eigenvalue weighted by Crippen LogP contribution is -2.28. The zero-order chi connectivity index (χ0) is 21.1. The third-order valence-electron chi connectivity index (χ3n) is 5.07. The smallest absolute Gasteiger partial charge is 0.337 e. The van der Waals surface area contributed by atoms with E-state index in [4.69, 9.17) is 0 Å². The molecule has 2 heterocycles. The molecule has 3 aromatic rings. The van der Waals surface area contributed by atoms with Crippen LogP contribution >= 0.6 is 0 Å². The number of nitrogens with one attached hydrogen (secondary N) is 1. The van der Waals surface area contributed by atoms with Crippen LogP contribution in [0, 0.1) is 5.82 Å². The molecular formula is C23H20FN3O3. The summed E-state index contributed by atoms with van der Waals surface area (Å²) in [5, 5.41) is 3.01. The minimum Gasteiger partial charge on any atom is -0.465 e. The third kappa shape index (κ3) is 3.87. The van der Waals surface area contributed by atoms with Gasteiger partial charge in [-0.15, -0.1) is 0 Å². The van der Waals surface area contributed by atoms with Crippen LogP contribution in [0.2, 0.25) is 0 Å². The van der Waals surface area contributed by atoms with E-state index >= 15 is 0 Å². The van der Waals surface area contributed by atoms with Crippen molar-refractivity contribution in [3.63, 3.8) is 0 Å². The van der Waals surface area contributed by atoms with Crippen molar-refractivity contribution in [2.75, 3.05) is 23.9 Å². The second-order valence-corrected chi connectivity index (χ2v) is 6.92. The van der Waals surface area contributed by atoms with Gasteiger partial charge in [0.25, 0.3) is 5.91 Å². The minimum absolute atomic E-state index is 0.101. The normalized spacial score (nSPS) is 12.4. The van der Waals surface area contributed by atoms with E-state index in [2.05, 4.69) is 15.0 Å². The minimum atomic E-state index is -0.527. The lowest BCUT2D eigenvalue weighted by Gasteiger charge is -2.17. The predicted octanol–water partition coefficient (Wildman–Crippen LogP) is 3.82. The zero-order valence-electron chi connectivity index (χ0n) is 16.4. The fourth-order valence-electron chi connectivity index (χ4n) is 3.47. The first kappa shape index (κ1) is 19.6. The monoisotopic (exact) mass is 405 g/mol. The Hall–Kier alpha value is -3.74. The van der Waals surface area contributed by atoms with Crippen molar-refractivity contribution in [2.45, 2.75) is 13.0 Å². The van der Waals surface area contributed by atoms with Crippen LogP contribution in [0.3, 0.4) is 0 Å². The molecule has 1 N–H and O–H groups in total. The molecule has 0 atom stereocenters. The number of methoxy groups -OCH3 is 1. The summed E-state index contributed by atoms with van der Waals surface area (Å²) in [5.74, 6) is -0.567. The van der Waals surface area contributed by atoms with E-state index < -0.39 is 11.8 Å². The number of halogens is 1. The Morgan fingerprint density at radius 2 is 1.93 bits per heavy atom. The summed E-state index contributed by atoms with van der Waals surface area (Å²) < 4.78 is 18.7. The van der Waals surface area contributed by atoms with Crippen LogP contribution in [0.5, 0.6) is 0 Å². The summed E-state index contributed by atoms with van der Waals surface area (Å²) in [6.07, 6.45) is 2.35. The average Bonchev–Trinajstić information content (AvgIpc) is 3.22. The van der Waals surface area contributed by atoms with Crippen LogP contribution in [0.15, 0.2) is 60.8 Å². The molecule has 7 heteroatoms. The van der Waals surface area contributed by atoms with E-state index in [1.807, 2.05) is 24.3 Å². The van der Waals surface area contributed by atoms with Crippen molar-refractivity contribution in [3.8, 4) is 0 Å². The number of pyridine rings is 1. The molecule has 0 unspecified atom stereocenters. The Kier molecular flexibility index (Phi) is 5.43. The van der Waals surface area contributed by atoms with Crippen molar-refractivity contribution in [1.82, 2.24) is 4.98 Å². The topological polar surface area (TPSA) is 71.5 Å². The van der Waals surface area contributed by atoms with E-state index in [1.165, 1.54) is 31.5 Å². The second kappa shape index (κ2) is 8.32. The van der Waals surface area contributed by atoms with Crippen molar-refractivity contribution in [1.29, 1.82) is 0 Å². The molecule has 0 aliphatic carbocycles. The van der Waals surface area contributed by atoms with Gasteiger partial charge in [0.2, 0.25) is 0 Å². The van der Waals surface area contributed by atoms with Crippen LogP contribution in [-0.2, 0) is 17.7 Å². The number of carbonyl (C=O) groups excluding carboxylic acids is 2.